The number of nitrogens with zero attached hydrogens (tertiary/aromatic N) is 2. The van der Waals surface area contributed by atoms with Crippen molar-refractivity contribution in [3.63, 3.8) is 0 Å². The maximum absolute atomic E-state index is 5.74. The molecule has 1 atom stereocenters. The molecule has 3 nitrogen and oxygen atoms in total. The summed E-state index contributed by atoms with van der Waals surface area (Å²) < 4.78 is 5.74. The summed E-state index contributed by atoms with van der Waals surface area (Å²) in [6.07, 6.45) is 25.9. The lowest BCUT2D eigenvalue weighted by Crippen LogP contribution is -1.95. The van der Waals surface area contributed by atoms with Crippen molar-refractivity contribution in [2.45, 2.75) is 111 Å². The Labute approximate surface area is 203 Å². The van der Waals surface area contributed by atoms with E-state index in [2.05, 4.69) is 36.8 Å². The first-order valence-corrected chi connectivity index (χ1v) is 13.5. The maximum atomic E-state index is 5.74. The molecule has 0 fully saturated rings. The number of benzene rings is 1. The highest BCUT2D eigenvalue weighted by atomic mass is 16.5. The molecular formula is C30H46N2O. The van der Waals surface area contributed by atoms with E-state index in [4.69, 9.17) is 4.74 Å². The van der Waals surface area contributed by atoms with Crippen molar-refractivity contribution in [1.29, 1.82) is 0 Å². The van der Waals surface area contributed by atoms with Crippen molar-refractivity contribution < 1.29 is 4.74 Å². The minimum atomic E-state index is 0.775. The van der Waals surface area contributed by atoms with Crippen LogP contribution < -0.4 is 4.74 Å². The van der Waals surface area contributed by atoms with E-state index in [0.29, 0.717) is 0 Å². The molecule has 0 saturated carbocycles. The number of rotatable bonds is 18. The second-order valence-corrected chi connectivity index (χ2v) is 9.45. The summed E-state index contributed by atoms with van der Waals surface area (Å²) >= 11 is 0. The van der Waals surface area contributed by atoms with Gasteiger partial charge in [0.05, 0.1) is 6.26 Å². The molecule has 2 aromatic rings. The highest BCUT2D eigenvalue weighted by Crippen LogP contribution is 2.20. The Hall–Kier alpha value is -2.16. The lowest BCUT2D eigenvalue weighted by Gasteiger charge is -2.07. The van der Waals surface area contributed by atoms with Gasteiger partial charge in [-0.3, -0.25) is 0 Å². The smallest absolute Gasteiger partial charge is 0.159 e. The molecule has 1 aromatic carbocycles. The summed E-state index contributed by atoms with van der Waals surface area (Å²) in [6.45, 7) is 6.89. The van der Waals surface area contributed by atoms with Gasteiger partial charge < -0.3 is 4.74 Å². The zero-order valence-corrected chi connectivity index (χ0v) is 21.4. The minimum Gasteiger partial charge on any atom is -0.465 e. The Morgan fingerprint density at radius 3 is 2.18 bits per heavy atom. The molecule has 182 valence electrons. The van der Waals surface area contributed by atoms with Crippen LogP contribution in [0.4, 0.5) is 0 Å². The first-order valence-electron chi connectivity index (χ1n) is 13.5. The summed E-state index contributed by atoms with van der Waals surface area (Å²) in [5.41, 5.74) is 2.25. The van der Waals surface area contributed by atoms with Crippen molar-refractivity contribution in [2.24, 2.45) is 5.92 Å². The van der Waals surface area contributed by atoms with Gasteiger partial charge in [-0.1, -0.05) is 85.0 Å². The van der Waals surface area contributed by atoms with Crippen molar-refractivity contribution in [1.82, 2.24) is 9.97 Å². The number of hydrogen-bond donors (Lipinski definition) is 0. The fourth-order valence-electron chi connectivity index (χ4n) is 3.93. The van der Waals surface area contributed by atoms with Crippen molar-refractivity contribution >= 4 is 0 Å². The van der Waals surface area contributed by atoms with Gasteiger partial charge in [0.25, 0.3) is 0 Å². The molecule has 0 radical (unpaired) electrons. The van der Waals surface area contributed by atoms with Gasteiger partial charge in [0, 0.05) is 18.0 Å². The topological polar surface area (TPSA) is 35.0 Å². The third kappa shape index (κ3) is 12.0. The van der Waals surface area contributed by atoms with E-state index < -0.39 is 0 Å². The van der Waals surface area contributed by atoms with Gasteiger partial charge in [0.1, 0.15) is 5.75 Å². The predicted octanol–water partition coefficient (Wildman–Crippen LogP) is 9.33. The average molecular weight is 451 g/mol. The van der Waals surface area contributed by atoms with Crippen LogP contribution in [0.5, 0.6) is 5.75 Å². The summed E-state index contributed by atoms with van der Waals surface area (Å²) in [5, 5.41) is 0. The lowest BCUT2D eigenvalue weighted by atomic mass is 10.00. The van der Waals surface area contributed by atoms with Gasteiger partial charge in [-0.2, -0.15) is 0 Å². The Morgan fingerprint density at radius 2 is 1.48 bits per heavy atom. The monoisotopic (exact) mass is 450 g/mol. The molecule has 3 heteroatoms. The Morgan fingerprint density at radius 1 is 0.818 bits per heavy atom. The van der Waals surface area contributed by atoms with Crippen molar-refractivity contribution in [2.75, 3.05) is 0 Å². The Balaban J connectivity index is 1.64. The van der Waals surface area contributed by atoms with Gasteiger partial charge in [0.2, 0.25) is 0 Å². The van der Waals surface area contributed by atoms with Crippen LogP contribution in [0.25, 0.3) is 11.4 Å². The fourth-order valence-corrected chi connectivity index (χ4v) is 3.93. The SMILES string of the molecule is CCCCCCCCCC=COc1ccc(-c2ncc(CCCCCC(C)CC)cn2)cc1. The first kappa shape index (κ1) is 27.1. The van der Waals surface area contributed by atoms with Crippen LogP contribution in [0.1, 0.15) is 110 Å². The molecule has 33 heavy (non-hydrogen) atoms. The molecule has 0 saturated heterocycles. The zero-order valence-electron chi connectivity index (χ0n) is 21.4. The third-order valence-electron chi connectivity index (χ3n) is 6.45. The molecule has 1 aromatic heterocycles. The highest BCUT2D eigenvalue weighted by molar-refractivity contribution is 5.55. The maximum Gasteiger partial charge on any atom is 0.159 e. The standard InChI is InChI=1S/C30H46N2O/c1-4-6-7-8-9-10-11-12-16-23-33-29-21-19-28(20-22-29)30-31-24-27(25-32-30)18-15-13-14-17-26(3)5-2/h16,19-26H,4-15,17-18H2,1-3H3. The molecule has 0 aliphatic heterocycles. The fraction of sp³-hybridized carbons (Fsp3) is 0.600. The largest absolute Gasteiger partial charge is 0.465 e. The number of allylic oxidation sites excluding steroid dienone is 1. The average Bonchev–Trinajstić information content (AvgIpc) is 2.85. The van der Waals surface area contributed by atoms with Gasteiger partial charge >= 0.3 is 0 Å². The molecule has 0 aliphatic carbocycles. The third-order valence-corrected chi connectivity index (χ3v) is 6.45. The number of hydrogen-bond acceptors (Lipinski definition) is 3. The van der Waals surface area contributed by atoms with Crippen molar-refractivity contribution in [3.8, 4) is 17.1 Å². The van der Waals surface area contributed by atoms with E-state index in [1.54, 1.807) is 0 Å². The lowest BCUT2D eigenvalue weighted by molar-refractivity contribution is 0.477. The highest BCUT2D eigenvalue weighted by Gasteiger charge is 2.03. The minimum absolute atomic E-state index is 0.775. The van der Waals surface area contributed by atoms with Crippen LogP contribution in [0.15, 0.2) is 49.0 Å². The first-order chi connectivity index (χ1) is 16.2. The van der Waals surface area contributed by atoms with E-state index in [1.165, 1.54) is 82.6 Å². The normalized spacial score (nSPS) is 12.3. The Kier molecular flexibility index (Phi) is 14.2. The number of ether oxygens (including phenoxy) is 1. The van der Waals surface area contributed by atoms with E-state index in [9.17, 15) is 0 Å². The number of aryl methyl sites for hydroxylation is 1. The van der Waals surface area contributed by atoms with E-state index in [-0.39, 0.29) is 0 Å². The van der Waals surface area contributed by atoms with Gasteiger partial charge in [-0.05, 0) is 67.5 Å². The van der Waals surface area contributed by atoms with Crippen LogP contribution in [-0.4, -0.2) is 9.97 Å². The predicted molar refractivity (Wildman–Crippen MR) is 141 cm³/mol. The molecule has 0 bridgehead atoms. The second kappa shape index (κ2) is 17.3. The summed E-state index contributed by atoms with van der Waals surface area (Å²) in [5.74, 6) is 2.48. The van der Waals surface area contributed by atoms with Gasteiger partial charge in [-0.25, -0.2) is 9.97 Å². The molecule has 2 rings (SSSR count). The molecule has 0 spiro atoms. The van der Waals surface area contributed by atoms with Crippen LogP contribution >= 0.6 is 0 Å². The van der Waals surface area contributed by atoms with E-state index >= 15 is 0 Å². The van der Waals surface area contributed by atoms with E-state index in [0.717, 1.165) is 35.9 Å². The molecular weight excluding hydrogens is 404 g/mol. The molecule has 0 aliphatic rings. The summed E-state index contributed by atoms with van der Waals surface area (Å²) in [7, 11) is 0. The van der Waals surface area contributed by atoms with Crippen LogP contribution in [0, 0.1) is 5.92 Å². The summed E-state index contributed by atoms with van der Waals surface area (Å²) in [4.78, 5) is 9.16. The summed E-state index contributed by atoms with van der Waals surface area (Å²) in [6, 6.07) is 8.04. The van der Waals surface area contributed by atoms with Gasteiger partial charge in [0.15, 0.2) is 5.82 Å². The number of unbranched alkanes of at least 4 members (excludes halogenated alkanes) is 9. The van der Waals surface area contributed by atoms with Gasteiger partial charge in [-0.15, -0.1) is 0 Å². The number of aromatic nitrogens is 2. The zero-order chi connectivity index (χ0) is 23.6. The van der Waals surface area contributed by atoms with Crippen LogP contribution in [0.3, 0.4) is 0 Å². The second-order valence-electron chi connectivity index (χ2n) is 9.45. The molecule has 0 amide bonds. The van der Waals surface area contributed by atoms with Crippen LogP contribution in [-0.2, 0) is 6.42 Å². The van der Waals surface area contributed by atoms with Crippen molar-refractivity contribution in [3.05, 3.63) is 54.6 Å². The molecule has 0 N–H and O–H groups in total. The quantitative estimate of drug-likeness (QED) is 0.168. The van der Waals surface area contributed by atoms with Crippen LogP contribution in [0.2, 0.25) is 0 Å². The molecule has 1 heterocycles. The van der Waals surface area contributed by atoms with E-state index in [1.807, 2.05) is 42.9 Å². The Bertz CT molecular complexity index is 752. The molecule has 1 unspecified atom stereocenters.